The summed E-state index contributed by atoms with van der Waals surface area (Å²) in [7, 11) is 1.59. The molecule has 9 heteroatoms. The Morgan fingerprint density at radius 1 is 1.12 bits per heavy atom. The van der Waals surface area contributed by atoms with Crippen molar-refractivity contribution >= 4 is 34.1 Å². The number of fused-ring (bicyclic) bond motifs is 2. The summed E-state index contributed by atoms with van der Waals surface area (Å²) in [6, 6.07) is 15.4. The fourth-order valence-electron chi connectivity index (χ4n) is 3.29. The van der Waals surface area contributed by atoms with Crippen molar-refractivity contribution in [3.05, 3.63) is 69.8 Å². The quantitative estimate of drug-likeness (QED) is 0.279. The van der Waals surface area contributed by atoms with E-state index in [1.54, 1.807) is 13.2 Å². The van der Waals surface area contributed by atoms with Crippen LogP contribution in [0.1, 0.15) is 5.56 Å². The maximum Gasteiger partial charge on any atom is 0.296 e. The first-order valence-electron chi connectivity index (χ1n) is 9.57. The SMILES string of the molecule is COc1ccc2cc(/C=C(\C#N)C(=O)Nc3cc4c(cc3[N+](=O)[O-])OCCO4)ccc2c1. The minimum absolute atomic E-state index is 0.0870. The van der Waals surface area contributed by atoms with Gasteiger partial charge in [-0.2, -0.15) is 5.26 Å². The maximum absolute atomic E-state index is 12.7. The topological polar surface area (TPSA) is 124 Å². The first kappa shape index (κ1) is 20.7. The van der Waals surface area contributed by atoms with Gasteiger partial charge in [0.2, 0.25) is 0 Å². The molecule has 0 aromatic heterocycles. The summed E-state index contributed by atoms with van der Waals surface area (Å²) < 4.78 is 16.0. The number of rotatable bonds is 5. The number of nitrogens with zero attached hydrogens (tertiary/aromatic N) is 2. The second kappa shape index (κ2) is 8.65. The van der Waals surface area contributed by atoms with E-state index in [1.165, 1.54) is 18.2 Å². The van der Waals surface area contributed by atoms with Crippen LogP contribution in [-0.4, -0.2) is 31.2 Å². The van der Waals surface area contributed by atoms with Gasteiger partial charge in [-0.1, -0.05) is 18.2 Å². The molecule has 1 aliphatic rings. The molecule has 0 bridgehead atoms. The van der Waals surface area contributed by atoms with Crippen LogP contribution >= 0.6 is 0 Å². The molecule has 0 radical (unpaired) electrons. The molecule has 1 aliphatic heterocycles. The molecule has 0 fully saturated rings. The first-order chi connectivity index (χ1) is 15.5. The molecule has 1 amide bonds. The summed E-state index contributed by atoms with van der Waals surface area (Å²) in [5.41, 5.74) is -0.0244. The predicted molar refractivity (Wildman–Crippen MR) is 117 cm³/mol. The number of nitro groups is 1. The Morgan fingerprint density at radius 3 is 2.50 bits per heavy atom. The monoisotopic (exact) mass is 431 g/mol. The molecular weight excluding hydrogens is 414 g/mol. The highest BCUT2D eigenvalue weighted by molar-refractivity contribution is 6.10. The van der Waals surface area contributed by atoms with Gasteiger partial charge in [0.1, 0.15) is 36.3 Å². The lowest BCUT2D eigenvalue weighted by molar-refractivity contribution is -0.384. The van der Waals surface area contributed by atoms with Gasteiger partial charge < -0.3 is 19.5 Å². The minimum atomic E-state index is -0.776. The Kier molecular flexibility index (Phi) is 5.59. The molecule has 1 heterocycles. The van der Waals surface area contributed by atoms with Crippen molar-refractivity contribution in [1.29, 1.82) is 5.26 Å². The molecule has 0 unspecified atom stereocenters. The van der Waals surface area contributed by atoms with Gasteiger partial charge in [0, 0.05) is 6.07 Å². The number of nitrogens with one attached hydrogen (secondary N) is 1. The third kappa shape index (κ3) is 4.15. The summed E-state index contributed by atoms with van der Waals surface area (Å²) in [4.78, 5) is 23.5. The zero-order valence-electron chi connectivity index (χ0n) is 17.0. The van der Waals surface area contributed by atoms with Crippen LogP contribution in [0.25, 0.3) is 16.8 Å². The number of hydrogen-bond donors (Lipinski definition) is 1. The van der Waals surface area contributed by atoms with E-state index in [9.17, 15) is 20.2 Å². The van der Waals surface area contributed by atoms with Crippen LogP contribution in [0.2, 0.25) is 0 Å². The summed E-state index contributed by atoms with van der Waals surface area (Å²) in [5, 5.41) is 25.3. The number of amides is 1. The summed E-state index contributed by atoms with van der Waals surface area (Å²) in [6.07, 6.45) is 1.42. The van der Waals surface area contributed by atoms with Crippen LogP contribution < -0.4 is 19.5 Å². The molecule has 0 atom stereocenters. The Hall–Kier alpha value is -4.58. The molecule has 3 aromatic carbocycles. The number of carbonyl (C=O) groups excluding carboxylic acids is 1. The summed E-state index contributed by atoms with van der Waals surface area (Å²) in [5.74, 6) is 0.454. The number of carbonyl (C=O) groups is 1. The molecule has 4 rings (SSSR count). The van der Waals surface area contributed by atoms with E-state index in [1.807, 2.05) is 36.4 Å². The maximum atomic E-state index is 12.7. The van der Waals surface area contributed by atoms with Gasteiger partial charge in [0.05, 0.1) is 18.1 Å². The van der Waals surface area contributed by atoms with E-state index in [0.717, 1.165) is 16.5 Å². The standard InChI is InChI=1S/C23H17N3O6/c1-30-18-5-4-15-8-14(2-3-16(15)10-18)9-17(13-24)23(27)25-19-11-21-22(32-7-6-31-21)12-20(19)26(28)29/h2-5,8-12H,6-7H2,1H3,(H,25,27)/b17-9+. The predicted octanol–water partition coefficient (Wildman–Crippen LogP) is 4.07. The van der Waals surface area contributed by atoms with Gasteiger partial charge in [0.15, 0.2) is 11.5 Å². The van der Waals surface area contributed by atoms with Gasteiger partial charge in [-0.3, -0.25) is 14.9 Å². The van der Waals surface area contributed by atoms with E-state index in [4.69, 9.17) is 14.2 Å². The number of methoxy groups -OCH3 is 1. The van der Waals surface area contributed by atoms with E-state index < -0.39 is 10.8 Å². The molecule has 0 aliphatic carbocycles. The summed E-state index contributed by atoms with van der Waals surface area (Å²) in [6.45, 7) is 0.561. The molecule has 0 saturated heterocycles. The highest BCUT2D eigenvalue weighted by Gasteiger charge is 2.24. The Bertz CT molecular complexity index is 1310. The van der Waals surface area contributed by atoms with Gasteiger partial charge in [-0.05, 0) is 40.6 Å². The highest BCUT2D eigenvalue weighted by atomic mass is 16.6. The van der Waals surface area contributed by atoms with Crippen molar-refractivity contribution in [2.45, 2.75) is 0 Å². The molecular formula is C23H17N3O6. The normalized spacial score (nSPS) is 12.7. The molecule has 9 nitrogen and oxygen atoms in total. The van der Waals surface area contributed by atoms with Crippen molar-refractivity contribution in [3.63, 3.8) is 0 Å². The highest BCUT2D eigenvalue weighted by Crippen LogP contribution is 2.39. The average Bonchev–Trinajstić information content (AvgIpc) is 2.81. The second-order valence-corrected chi connectivity index (χ2v) is 6.87. The second-order valence-electron chi connectivity index (χ2n) is 6.87. The van der Waals surface area contributed by atoms with Crippen LogP contribution in [0.15, 0.2) is 54.1 Å². The molecule has 0 spiro atoms. The van der Waals surface area contributed by atoms with Crippen molar-refractivity contribution in [1.82, 2.24) is 0 Å². The zero-order chi connectivity index (χ0) is 22.7. The van der Waals surface area contributed by atoms with Gasteiger partial charge in [0.25, 0.3) is 11.6 Å². The fraction of sp³-hybridized carbons (Fsp3) is 0.130. The van der Waals surface area contributed by atoms with Gasteiger partial charge >= 0.3 is 0 Å². The number of hydrogen-bond acceptors (Lipinski definition) is 7. The molecule has 32 heavy (non-hydrogen) atoms. The Balaban J connectivity index is 1.63. The Labute approximate surface area is 182 Å². The average molecular weight is 431 g/mol. The largest absolute Gasteiger partial charge is 0.497 e. The number of anilines is 1. The lowest BCUT2D eigenvalue weighted by Crippen LogP contribution is -2.18. The van der Waals surface area contributed by atoms with Gasteiger partial charge in [-0.25, -0.2) is 0 Å². The summed E-state index contributed by atoms with van der Waals surface area (Å²) >= 11 is 0. The van der Waals surface area contributed by atoms with Crippen LogP contribution in [0.3, 0.4) is 0 Å². The third-order valence-electron chi connectivity index (χ3n) is 4.85. The number of nitriles is 1. The number of benzene rings is 3. The first-order valence-corrected chi connectivity index (χ1v) is 9.57. The minimum Gasteiger partial charge on any atom is -0.497 e. The number of ether oxygens (including phenoxy) is 3. The lowest BCUT2D eigenvalue weighted by Gasteiger charge is -2.19. The smallest absolute Gasteiger partial charge is 0.296 e. The fourth-order valence-corrected chi connectivity index (χ4v) is 3.29. The third-order valence-corrected chi connectivity index (χ3v) is 4.85. The van der Waals surface area contributed by atoms with Crippen LogP contribution in [0, 0.1) is 21.4 Å². The molecule has 0 saturated carbocycles. The van der Waals surface area contributed by atoms with E-state index in [-0.39, 0.29) is 41.7 Å². The number of nitro benzene ring substituents is 1. The van der Waals surface area contributed by atoms with Gasteiger partial charge in [-0.15, -0.1) is 0 Å². The van der Waals surface area contributed by atoms with Crippen molar-refractivity contribution in [3.8, 4) is 23.3 Å². The molecule has 1 N–H and O–H groups in total. The zero-order valence-corrected chi connectivity index (χ0v) is 17.0. The van der Waals surface area contributed by atoms with Crippen LogP contribution in [-0.2, 0) is 4.79 Å². The van der Waals surface area contributed by atoms with Crippen molar-refractivity contribution < 1.29 is 23.9 Å². The molecule has 3 aromatic rings. The van der Waals surface area contributed by atoms with E-state index in [0.29, 0.717) is 5.56 Å². The van der Waals surface area contributed by atoms with Crippen molar-refractivity contribution in [2.24, 2.45) is 0 Å². The van der Waals surface area contributed by atoms with Crippen LogP contribution in [0.5, 0.6) is 17.2 Å². The van der Waals surface area contributed by atoms with E-state index >= 15 is 0 Å². The van der Waals surface area contributed by atoms with Crippen LogP contribution in [0.4, 0.5) is 11.4 Å². The van der Waals surface area contributed by atoms with E-state index in [2.05, 4.69) is 5.32 Å². The Morgan fingerprint density at radius 2 is 1.81 bits per heavy atom. The lowest BCUT2D eigenvalue weighted by atomic mass is 10.0. The van der Waals surface area contributed by atoms with Crippen molar-refractivity contribution in [2.75, 3.05) is 25.6 Å². The molecule has 160 valence electrons.